The summed E-state index contributed by atoms with van der Waals surface area (Å²) in [4.78, 5) is 10.6. The van der Waals surface area contributed by atoms with Gasteiger partial charge in [0.05, 0.1) is 12.6 Å². The molecule has 0 aromatic heterocycles. The summed E-state index contributed by atoms with van der Waals surface area (Å²) in [5, 5.41) is 3.86. The molecule has 1 aliphatic heterocycles. The van der Waals surface area contributed by atoms with Crippen molar-refractivity contribution in [1.82, 2.24) is 5.32 Å². The molecule has 0 spiro atoms. The molecular weight excluding hydrogens is 130 g/mol. The topological polar surface area (TPSA) is 40.4 Å². The Balaban J connectivity index is 2.12. The normalized spacial score (nSPS) is 24.9. The third kappa shape index (κ3) is 1.99. The number of amides is 1. The first-order valence-electron chi connectivity index (χ1n) is 3.64. The first-order valence-corrected chi connectivity index (χ1v) is 3.64. The average molecular weight is 142 g/mol. The maximum Gasteiger partial charge on any atom is 0.241 e. The van der Waals surface area contributed by atoms with Crippen LogP contribution >= 0.6 is 0 Å². The van der Waals surface area contributed by atoms with Gasteiger partial charge in [-0.1, -0.05) is 0 Å². The molecular formula is C7H12NO2. The van der Waals surface area contributed by atoms with E-state index in [1.54, 1.807) is 0 Å². The monoisotopic (exact) mass is 142 g/mol. The summed E-state index contributed by atoms with van der Waals surface area (Å²) in [5.74, 6) is 0.0321. The maximum absolute atomic E-state index is 10.6. The number of carbonyl (C=O) groups is 1. The van der Waals surface area contributed by atoms with Gasteiger partial charge in [0.25, 0.3) is 0 Å². The average Bonchev–Trinajstić information content (AvgIpc) is 2.31. The maximum atomic E-state index is 10.6. The van der Waals surface area contributed by atoms with E-state index < -0.39 is 0 Å². The zero-order valence-corrected chi connectivity index (χ0v) is 6.17. The van der Waals surface area contributed by atoms with E-state index in [2.05, 4.69) is 5.32 Å². The lowest BCUT2D eigenvalue weighted by atomic mass is 10.2. The SMILES string of the molecule is CCOCC1CCC(=O)[N]1. The second kappa shape index (κ2) is 3.56. The summed E-state index contributed by atoms with van der Waals surface area (Å²) in [5.41, 5.74) is 0. The number of ether oxygens (including phenoxy) is 1. The molecule has 10 heavy (non-hydrogen) atoms. The van der Waals surface area contributed by atoms with Gasteiger partial charge in [-0.05, 0) is 13.3 Å². The molecule has 0 aliphatic carbocycles. The lowest BCUT2D eigenvalue weighted by molar-refractivity contribution is -0.119. The predicted octanol–water partition coefficient (Wildman–Crippen LogP) is 0.316. The minimum atomic E-state index is 0.0321. The first-order chi connectivity index (χ1) is 4.83. The fourth-order valence-electron chi connectivity index (χ4n) is 0.997. The summed E-state index contributed by atoms with van der Waals surface area (Å²) < 4.78 is 5.12. The van der Waals surface area contributed by atoms with Crippen LogP contribution in [-0.2, 0) is 9.53 Å². The highest BCUT2D eigenvalue weighted by Gasteiger charge is 2.22. The van der Waals surface area contributed by atoms with Crippen molar-refractivity contribution in [3.8, 4) is 0 Å². The minimum absolute atomic E-state index is 0.0321. The quantitative estimate of drug-likeness (QED) is 0.569. The van der Waals surface area contributed by atoms with Crippen molar-refractivity contribution in [2.45, 2.75) is 25.8 Å². The molecule has 1 fully saturated rings. The van der Waals surface area contributed by atoms with E-state index in [0.717, 1.165) is 6.42 Å². The predicted molar refractivity (Wildman–Crippen MR) is 36.7 cm³/mol. The summed E-state index contributed by atoms with van der Waals surface area (Å²) in [6.45, 7) is 3.26. The van der Waals surface area contributed by atoms with Gasteiger partial charge in [-0.25, -0.2) is 5.32 Å². The Bertz CT molecular complexity index is 125. The Morgan fingerprint density at radius 1 is 1.80 bits per heavy atom. The van der Waals surface area contributed by atoms with Crippen molar-refractivity contribution >= 4 is 5.91 Å². The zero-order valence-electron chi connectivity index (χ0n) is 6.17. The number of carbonyl (C=O) groups excluding carboxylic acids is 1. The molecule has 1 heterocycles. The van der Waals surface area contributed by atoms with Crippen LogP contribution in [-0.4, -0.2) is 25.2 Å². The van der Waals surface area contributed by atoms with E-state index in [0.29, 0.717) is 19.6 Å². The molecule has 1 unspecified atom stereocenters. The molecule has 3 heteroatoms. The van der Waals surface area contributed by atoms with Crippen molar-refractivity contribution in [2.75, 3.05) is 13.2 Å². The van der Waals surface area contributed by atoms with Gasteiger partial charge in [-0.15, -0.1) is 0 Å². The Hall–Kier alpha value is -0.570. The van der Waals surface area contributed by atoms with Crippen molar-refractivity contribution in [3.05, 3.63) is 0 Å². The van der Waals surface area contributed by atoms with Crippen LogP contribution in [0.15, 0.2) is 0 Å². The largest absolute Gasteiger partial charge is 0.380 e. The van der Waals surface area contributed by atoms with Gasteiger partial charge in [0.2, 0.25) is 5.91 Å². The number of rotatable bonds is 3. The fourth-order valence-corrected chi connectivity index (χ4v) is 0.997. The van der Waals surface area contributed by atoms with Crippen molar-refractivity contribution in [1.29, 1.82) is 0 Å². The molecule has 57 valence electrons. The summed E-state index contributed by atoms with van der Waals surface area (Å²) in [6, 6.07) is 0.146. The van der Waals surface area contributed by atoms with Crippen LogP contribution in [0.4, 0.5) is 0 Å². The van der Waals surface area contributed by atoms with Crippen LogP contribution in [0.5, 0.6) is 0 Å². The second-order valence-electron chi connectivity index (χ2n) is 2.37. The Kier molecular flexibility index (Phi) is 2.68. The fraction of sp³-hybridized carbons (Fsp3) is 0.857. The van der Waals surface area contributed by atoms with Gasteiger partial charge in [-0.2, -0.15) is 0 Å². The van der Waals surface area contributed by atoms with Crippen molar-refractivity contribution in [2.24, 2.45) is 0 Å². The second-order valence-corrected chi connectivity index (χ2v) is 2.37. The van der Waals surface area contributed by atoms with E-state index in [-0.39, 0.29) is 11.9 Å². The molecule has 1 saturated heterocycles. The van der Waals surface area contributed by atoms with Crippen LogP contribution in [0.3, 0.4) is 0 Å². The van der Waals surface area contributed by atoms with E-state index in [1.165, 1.54) is 0 Å². The Labute approximate surface area is 60.7 Å². The third-order valence-electron chi connectivity index (χ3n) is 1.53. The van der Waals surface area contributed by atoms with Gasteiger partial charge < -0.3 is 4.74 Å². The van der Waals surface area contributed by atoms with E-state index in [4.69, 9.17) is 4.74 Å². The number of nitrogens with zero attached hydrogens (tertiary/aromatic N) is 1. The van der Waals surface area contributed by atoms with Crippen LogP contribution in [0.25, 0.3) is 0 Å². The lowest BCUT2D eigenvalue weighted by Crippen LogP contribution is -2.22. The van der Waals surface area contributed by atoms with Crippen LogP contribution in [0, 0.1) is 0 Å². The standard InChI is InChI=1S/C7H12NO2/c1-2-10-5-6-3-4-7(9)8-6/h6H,2-5H2,1H3. The molecule has 1 amide bonds. The van der Waals surface area contributed by atoms with Gasteiger partial charge in [0.1, 0.15) is 0 Å². The molecule has 1 rings (SSSR count). The highest BCUT2D eigenvalue weighted by Crippen LogP contribution is 2.08. The molecule has 0 saturated carbocycles. The van der Waals surface area contributed by atoms with Crippen LogP contribution < -0.4 is 5.32 Å². The number of hydrogen-bond donors (Lipinski definition) is 0. The molecule has 0 aromatic rings. The van der Waals surface area contributed by atoms with Crippen molar-refractivity contribution in [3.63, 3.8) is 0 Å². The number of hydrogen-bond acceptors (Lipinski definition) is 2. The van der Waals surface area contributed by atoms with Gasteiger partial charge >= 0.3 is 0 Å². The lowest BCUT2D eigenvalue weighted by Gasteiger charge is -2.05. The molecule has 0 N–H and O–H groups in total. The van der Waals surface area contributed by atoms with E-state index >= 15 is 0 Å². The molecule has 0 aromatic carbocycles. The summed E-state index contributed by atoms with van der Waals surface area (Å²) in [7, 11) is 0. The highest BCUT2D eigenvalue weighted by atomic mass is 16.5. The van der Waals surface area contributed by atoms with Crippen LogP contribution in [0.1, 0.15) is 19.8 Å². The van der Waals surface area contributed by atoms with E-state index in [1.807, 2.05) is 6.92 Å². The minimum Gasteiger partial charge on any atom is -0.380 e. The zero-order chi connectivity index (χ0) is 7.40. The Morgan fingerprint density at radius 2 is 2.60 bits per heavy atom. The third-order valence-corrected chi connectivity index (χ3v) is 1.53. The molecule has 0 bridgehead atoms. The van der Waals surface area contributed by atoms with E-state index in [9.17, 15) is 4.79 Å². The van der Waals surface area contributed by atoms with Crippen LogP contribution in [0.2, 0.25) is 0 Å². The molecule has 1 atom stereocenters. The first kappa shape index (κ1) is 7.54. The summed E-state index contributed by atoms with van der Waals surface area (Å²) >= 11 is 0. The van der Waals surface area contributed by atoms with Gasteiger partial charge in [0.15, 0.2) is 0 Å². The highest BCUT2D eigenvalue weighted by molar-refractivity contribution is 5.78. The Morgan fingerprint density at radius 3 is 3.10 bits per heavy atom. The molecule has 1 aliphatic rings. The molecule has 1 radical (unpaired) electrons. The van der Waals surface area contributed by atoms with Gasteiger partial charge in [0, 0.05) is 13.0 Å². The van der Waals surface area contributed by atoms with Gasteiger partial charge in [-0.3, -0.25) is 4.79 Å². The summed E-state index contributed by atoms with van der Waals surface area (Å²) in [6.07, 6.45) is 1.48. The molecule has 3 nitrogen and oxygen atoms in total. The smallest absolute Gasteiger partial charge is 0.241 e. The van der Waals surface area contributed by atoms with Crippen molar-refractivity contribution < 1.29 is 9.53 Å².